The Hall–Kier alpha value is -1.27. The van der Waals surface area contributed by atoms with Crippen LogP contribution >= 0.6 is 0 Å². The number of hydrogen-bond acceptors (Lipinski definition) is 4. The molecule has 0 saturated carbocycles. The number of nitrogens with one attached hydrogen (secondary N) is 1. The number of hydrogen-bond donors (Lipinski definition) is 2. The van der Waals surface area contributed by atoms with Crippen LogP contribution in [0.4, 0.5) is 11.4 Å². The number of ether oxygens (including phenoxy) is 1. The van der Waals surface area contributed by atoms with Crippen LogP contribution < -0.4 is 10.5 Å². The average Bonchev–Trinajstić information content (AvgIpc) is 2.29. The van der Waals surface area contributed by atoms with Gasteiger partial charge in [0.05, 0.1) is 24.2 Å². The van der Waals surface area contributed by atoms with Crippen molar-refractivity contribution in [1.29, 1.82) is 0 Å². The van der Waals surface area contributed by atoms with Crippen LogP contribution in [0.3, 0.4) is 0 Å². The topological polar surface area (TPSA) is 81.4 Å². The highest BCUT2D eigenvalue weighted by atomic mass is 32.2. The summed E-state index contributed by atoms with van der Waals surface area (Å²) >= 11 is 0. The van der Waals surface area contributed by atoms with Crippen molar-refractivity contribution in [2.45, 2.75) is 33.8 Å². The lowest BCUT2D eigenvalue weighted by molar-refractivity contribution is 0.0913. The molecule has 0 spiro atoms. The second-order valence-electron chi connectivity index (χ2n) is 4.81. The third kappa shape index (κ3) is 4.72. The normalized spacial score (nSPS) is 11.8. The smallest absolute Gasteiger partial charge is 0.235 e. The standard InChI is InChI=1S/C13H22N2O3S/c1-9(2)18-7-8-19(16,17)15-13-10(3)5-6-12(14)11(13)4/h5-6,9,15H,7-8,14H2,1-4H3. The lowest BCUT2D eigenvalue weighted by Gasteiger charge is -2.15. The number of nitrogens with two attached hydrogens (primary N) is 1. The zero-order valence-electron chi connectivity index (χ0n) is 11.9. The molecule has 0 amide bonds. The molecule has 0 fully saturated rings. The predicted molar refractivity (Wildman–Crippen MR) is 78.8 cm³/mol. The number of rotatable bonds is 6. The van der Waals surface area contributed by atoms with E-state index >= 15 is 0 Å². The van der Waals surface area contributed by atoms with Gasteiger partial charge in [-0.15, -0.1) is 0 Å². The van der Waals surface area contributed by atoms with E-state index in [0.29, 0.717) is 11.4 Å². The third-order valence-electron chi connectivity index (χ3n) is 2.78. The summed E-state index contributed by atoms with van der Waals surface area (Å²) in [5.41, 5.74) is 8.51. The van der Waals surface area contributed by atoms with Crippen molar-refractivity contribution in [2.75, 3.05) is 22.8 Å². The maximum atomic E-state index is 12.0. The molecule has 0 aliphatic rings. The summed E-state index contributed by atoms with van der Waals surface area (Å²) in [7, 11) is -3.42. The molecular weight excluding hydrogens is 264 g/mol. The van der Waals surface area contributed by atoms with E-state index in [2.05, 4.69) is 4.72 Å². The van der Waals surface area contributed by atoms with E-state index in [-0.39, 0.29) is 18.5 Å². The van der Waals surface area contributed by atoms with Crippen LogP contribution in [0.5, 0.6) is 0 Å². The minimum absolute atomic E-state index is 0.0195. The molecule has 1 aromatic rings. The van der Waals surface area contributed by atoms with Crippen LogP contribution in [0.2, 0.25) is 0 Å². The van der Waals surface area contributed by atoms with E-state index in [1.807, 2.05) is 20.8 Å². The molecule has 0 saturated heterocycles. The van der Waals surface area contributed by atoms with E-state index in [9.17, 15) is 8.42 Å². The molecule has 108 valence electrons. The zero-order chi connectivity index (χ0) is 14.6. The summed E-state index contributed by atoms with van der Waals surface area (Å²) in [6.45, 7) is 7.55. The summed E-state index contributed by atoms with van der Waals surface area (Å²) in [5.74, 6) is -0.0706. The van der Waals surface area contributed by atoms with Gasteiger partial charge in [0.15, 0.2) is 0 Å². The summed E-state index contributed by atoms with van der Waals surface area (Å²) in [6.07, 6.45) is 0.0195. The Morgan fingerprint density at radius 2 is 1.95 bits per heavy atom. The van der Waals surface area contributed by atoms with Gasteiger partial charge in [0.25, 0.3) is 0 Å². The fourth-order valence-corrected chi connectivity index (χ4v) is 2.66. The monoisotopic (exact) mass is 286 g/mol. The molecular formula is C13H22N2O3S. The number of aryl methyl sites for hydroxylation is 1. The van der Waals surface area contributed by atoms with Crippen LogP contribution in [-0.2, 0) is 14.8 Å². The fraction of sp³-hybridized carbons (Fsp3) is 0.538. The lowest BCUT2D eigenvalue weighted by atomic mass is 10.1. The Morgan fingerprint density at radius 1 is 1.32 bits per heavy atom. The van der Waals surface area contributed by atoms with Gasteiger partial charge in [0.2, 0.25) is 10.0 Å². The highest BCUT2D eigenvalue weighted by Gasteiger charge is 2.15. The van der Waals surface area contributed by atoms with E-state index in [4.69, 9.17) is 10.5 Å². The van der Waals surface area contributed by atoms with E-state index < -0.39 is 10.0 Å². The molecule has 5 nitrogen and oxygen atoms in total. The van der Waals surface area contributed by atoms with Crippen molar-refractivity contribution in [3.8, 4) is 0 Å². The first-order valence-electron chi connectivity index (χ1n) is 6.20. The summed E-state index contributed by atoms with van der Waals surface area (Å²) in [5, 5.41) is 0. The molecule has 1 rings (SSSR count). The molecule has 0 atom stereocenters. The van der Waals surface area contributed by atoms with Gasteiger partial charge < -0.3 is 10.5 Å². The second-order valence-corrected chi connectivity index (χ2v) is 6.65. The van der Waals surface area contributed by atoms with E-state index in [0.717, 1.165) is 11.1 Å². The van der Waals surface area contributed by atoms with E-state index in [1.165, 1.54) is 0 Å². The molecule has 6 heteroatoms. The first-order valence-corrected chi connectivity index (χ1v) is 7.86. The number of benzene rings is 1. The van der Waals surface area contributed by atoms with Crippen LogP contribution in [0.15, 0.2) is 12.1 Å². The van der Waals surface area contributed by atoms with Gasteiger partial charge in [-0.1, -0.05) is 6.07 Å². The van der Waals surface area contributed by atoms with Gasteiger partial charge in [-0.2, -0.15) is 0 Å². The zero-order valence-corrected chi connectivity index (χ0v) is 12.7. The minimum Gasteiger partial charge on any atom is -0.398 e. The van der Waals surface area contributed by atoms with Crippen molar-refractivity contribution in [3.05, 3.63) is 23.3 Å². The van der Waals surface area contributed by atoms with Crippen LogP contribution in [0.1, 0.15) is 25.0 Å². The molecule has 0 aliphatic carbocycles. The maximum Gasteiger partial charge on any atom is 0.235 e. The number of anilines is 2. The first-order chi connectivity index (χ1) is 8.73. The molecule has 0 heterocycles. The molecule has 19 heavy (non-hydrogen) atoms. The number of nitrogen functional groups attached to an aromatic ring is 1. The Balaban J connectivity index is 2.81. The first kappa shape index (κ1) is 15.8. The van der Waals surface area contributed by atoms with Gasteiger partial charge >= 0.3 is 0 Å². The number of sulfonamides is 1. The maximum absolute atomic E-state index is 12.0. The molecule has 3 N–H and O–H groups in total. The Kier molecular flexibility index (Phi) is 5.20. The fourth-order valence-electron chi connectivity index (χ4n) is 1.62. The summed E-state index contributed by atoms with van der Waals surface area (Å²) in [6, 6.07) is 3.56. The summed E-state index contributed by atoms with van der Waals surface area (Å²) in [4.78, 5) is 0. The SMILES string of the molecule is Cc1ccc(N)c(C)c1NS(=O)(=O)CCOC(C)C. The van der Waals surface area contributed by atoms with Gasteiger partial charge in [-0.3, -0.25) is 4.72 Å². The van der Waals surface area contributed by atoms with Crippen molar-refractivity contribution in [3.63, 3.8) is 0 Å². The third-order valence-corrected chi connectivity index (χ3v) is 4.00. The van der Waals surface area contributed by atoms with Crippen LogP contribution in [-0.4, -0.2) is 26.9 Å². The molecule has 0 aromatic heterocycles. The lowest BCUT2D eigenvalue weighted by Crippen LogP contribution is -2.22. The van der Waals surface area contributed by atoms with Crippen LogP contribution in [0, 0.1) is 13.8 Å². The molecule has 0 unspecified atom stereocenters. The predicted octanol–water partition coefficient (Wildman–Crippen LogP) is 2.05. The van der Waals surface area contributed by atoms with E-state index in [1.54, 1.807) is 19.1 Å². The highest BCUT2D eigenvalue weighted by molar-refractivity contribution is 7.92. The van der Waals surface area contributed by atoms with Gasteiger partial charge in [-0.05, 0) is 44.9 Å². The van der Waals surface area contributed by atoms with Gasteiger partial charge in [0.1, 0.15) is 0 Å². The Labute approximate surface area is 115 Å². The van der Waals surface area contributed by atoms with Crippen molar-refractivity contribution in [1.82, 2.24) is 0 Å². The van der Waals surface area contributed by atoms with Crippen molar-refractivity contribution < 1.29 is 13.2 Å². The quantitative estimate of drug-likeness (QED) is 0.784. The minimum atomic E-state index is -3.42. The molecule has 0 aliphatic heterocycles. The highest BCUT2D eigenvalue weighted by Crippen LogP contribution is 2.26. The van der Waals surface area contributed by atoms with Crippen molar-refractivity contribution >= 4 is 21.4 Å². The molecule has 0 radical (unpaired) electrons. The summed E-state index contributed by atoms with van der Waals surface area (Å²) < 4.78 is 31.8. The largest absolute Gasteiger partial charge is 0.398 e. The Bertz CT molecular complexity index is 539. The molecule has 1 aromatic carbocycles. The van der Waals surface area contributed by atoms with Crippen molar-refractivity contribution in [2.24, 2.45) is 0 Å². The van der Waals surface area contributed by atoms with Gasteiger partial charge in [-0.25, -0.2) is 8.42 Å². The second kappa shape index (κ2) is 6.25. The Morgan fingerprint density at radius 3 is 2.53 bits per heavy atom. The van der Waals surface area contributed by atoms with Crippen LogP contribution in [0.25, 0.3) is 0 Å². The molecule has 0 bridgehead atoms. The van der Waals surface area contributed by atoms with Gasteiger partial charge in [0, 0.05) is 5.69 Å². The average molecular weight is 286 g/mol.